The molecule has 0 fully saturated rings. The number of para-hydroxylation sites is 1. The third-order valence-electron chi connectivity index (χ3n) is 4.66. The van der Waals surface area contributed by atoms with E-state index in [0.29, 0.717) is 0 Å². The number of hydrogen-bond acceptors (Lipinski definition) is 4. The van der Waals surface area contributed by atoms with Crippen LogP contribution in [-0.2, 0) is 11.2 Å². The van der Waals surface area contributed by atoms with Crippen LogP contribution < -0.4 is 10.6 Å². The van der Waals surface area contributed by atoms with Crippen LogP contribution in [0.2, 0.25) is 0 Å². The largest absolute Gasteiger partial charge is 0.356 e. The molecule has 0 bridgehead atoms. The predicted molar refractivity (Wildman–Crippen MR) is 96.5 cm³/mol. The molecule has 3 aromatic rings. The summed E-state index contributed by atoms with van der Waals surface area (Å²) in [5.41, 5.74) is 3.64. The summed E-state index contributed by atoms with van der Waals surface area (Å²) in [5, 5.41) is 6.82. The number of rotatable bonds is 4. The lowest BCUT2D eigenvalue weighted by Gasteiger charge is -2.24. The Morgan fingerprint density at radius 1 is 1.23 bits per heavy atom. The summed E-state index contributed by atoms with van der Waals surface area (Å²) in [7, 11) is 0. The number of carbonyl (C=O) groups is 2. The Labute approximate surface area is 150 Å². The molecule has 3 N–H and O–H groups in total. The second-order valence-corrected chi connectivity index (χ2v) is 6.35. The van der Waals surface area contributed by atoms with E-state index in [1.807, 2.05) is 18.2 Å². The maximum Gasteiger partial charge on any atom is 0.271 e. The zero-order valence-corrected chi connectivity index (χ0v) is 14.2. The number of fused-ring (bicyclic) bond motifs is 3. The highest BCUT2D eigenvalue weighted by Crippen LogP contribution is 2.34. The minimum Gasteiger partial charge on any atom is -0.356 e. The van der Waals surface area contributed by atoms with Crippen molar-refractivity contribution in [3.05, 3.63) is 59.8 Å². The van der Waals surface area contributed by atoms with E-state index in [1.165, 1.54) is 29.5 Å². The van der Waals surface area contributed by atoms with Crippen molar-refractivity contribution in [3.8, 4) is 0 Å². The van der Waals surface area contributed by atoms with Gasteiger partial charge in [0.1, 0.15) is 5.69 Å². The Balaban J connectivity index is 1.42. The molecule has 2 heterocycles. The topological polar surface area (TPSA) is 99.8 Å². The number of hydrogen-bond donors (Lipinski definition) is 3. The van der Waals surface area contributed by atoms with Gasteiger partial charge in [-0.05, 0) is 30.9 Å². The zero-order valence-electron chi connectivity index (χ0n) is 14.2. The number of benzene rings is 1. The first-order chi connectivity index (χ1) is 12.7. The first-order valence-electron chi connectivity index (χ1n) is 8.65. The van der Waals surface area contributed by atoms with E-state index < -0.39 is 5.91 Å². The third kappa shape index (κ3) is 3.15. The quantitative estimate of drug-likeness (QED) is 0.669. The molecular weight excluding hydrogens is 330 g/mol. The summed E-state index contributed by atoms with van der Waals surface area (Å²) in [6.07, 6.45) is 7.20. The van der Waals surface area contributed by atoms with Gasteiger partial charge in [0.05, 0.1) is 18.8 Å². The number of nitrogens with one attached hydrogen (secondary N) is 3. The molecule has 0 saturated heterocycles. The van der Waals surface area contributed by atoms with Gasteiger partial charge in [-0.3, -0.25) is 14.6 Å². The molecule has 1 atom stereocenters. The molecule has 0 aliphatic heterocycles. The average molecular weight is 349 g/mol. The molecule has 132 valence electrons. The van der Waals surface area contributed by atoms with Gasteiger partial charge >= 0.3 is 0 Å². The number of aromatic amines is 1. The van der Waals surface area contributed by atoms with Crippen molar-refractivity contribution in [1.29, 1.82) is 0 Å². The molecule has 4 rings (SSSR count). The van der Waals surface area contributed by atoms with E-state index in [0.717, 1.165) is 30.5 Å². The van der Waals surface area contributed by atoms with Crippen LogP contribution in [0.25, 0.3) is 10.9 Å². The van der Waals surface area contributed by atoms with Crippen LogP contribution in [0.1, 0.15) is 40.6 Å². The van der Waals surface area contributed by atoms with Gasteiger partial charge in [0.15, 0.2) is 0 Å². The molecular formula is C19H19N5O2. The average Bonchev–Trinajstić information content (AvgIpc) is 3.07. The first kappa shape index (κ1) is 16.3. The van der Waals surface area contributed by atoms with Crippen LogP contribution in [-0.4, -0.2) is 33.3 Å². The lowest BCUT2D eigenvalue weighted by atomic mass is 9.91. The smallest absolute Gasteiger partial charge is 0.271 e. The van der Waals surface area contributed by atoms with E-state index in [1.54, 1.807) is 0 Å². The number of aryl methyl sites for hydroxylation is 1. The van der Waals surface area contributed by atoms with Crippen LogP contribution in [0.4, 0.5) is 0 Å². The number of H-pyrrole nitrogens is 1. The summed E-state index contributed by atoms with van der Waals surface area (Å²) in [6, 6.07) is 8.12. The van der Waals surface area contributed by atoms with Crippen molar-refractivity contribution in [2.75, 3.05) is 6.54 Å². The molecule has 0 spiro atoms. The maximum absolute atomic E-state index is 12.3. The van der Waals surface area contributed by atoms with Gasteiger partial charge in [-0.15, -0.1) is 0 Å². The van der Waals surface area contributed by atoms with Crippen molar-refractivity contribution in [2.45, 2.75) is 25.3 Å². The van der Waals surface area contributed by atoms with E-state index in [9.17, 15) is 9.59 Å². The van der Waals surface area contributed by atoms with Gasteiger partial charge in [-0.25, -0.2) is 4.98 Å². The van der Waals surface area contributed by atoms with Crippen LogP contribution in [0.15, 0.2) is 42.9 Å². The van der Waals surface area contributed by atoms with Crippen LogP contribution >= 0.6 is 0 Å². The molecule has 0 radical (unpaired) electrons. The number of aromatic nitrogens is 3. The van der Waals surface area contributed by atoms with E-state index in [4.69, 9.17) is 0 Å². The third-order valence-corrected chi connectivity index (χ3v) is 4.66. The Bertz CT molecular complexity index is 951. The van der Waals surface area contributed by atoms with Crippen molar-refractivity contribution in [1.82, 2.24) is 25.6 Å². The second-order valence-electron chi connectivity index (χ2n) is 6.35. The molecule has 26 heavy (non-hydrogen) atoms. The van der Waals surface area contributed by atoms with E-state index in [2.05, 4.69) is 31.7 Å². The van der Waals surface area contributed by atoms with E-state index in [-0.39, 0.29) is 24.2 Å². The minimum absolute atomic E-state index is 0.0629. The number of carbonyl (C=O) groups excluding carboxylic acids is 2. The van der Waals surface area contributed by atoms with Crippen molar-refractivity contribution in [3.63, 3.8) is 0 Å². The lowest BCUT2D eigenvalue weighted by molar-refractivity contribution is -0.121. The molecule has 7 heteroatoms. The second kappa shape index (κ2) is 6.95. The Kier molecular flexibility index (Phi) is 4.35. The number of amides is 2. The van der Waals surface area contributed by atoms with Crippen LogP contribution in [0, 0.1) is 0 Å². The zero-order chi connectivity index (χ0) is 17.9. The minimum atomic E-state index is -0.414. The summed E-state index contributed by atoms with van der Waals surface area (Å²) in [4.78, 5) is 35.5. The molecule has 1 aliphatic carbocycles. The highest BCUT2D eigenvalue weighted by molar-refractivity contribution is 5.94. The molecule has 0 saturated carbocycles. The molecule has 1 aromatic carbocycles. The molecule has 2 amide bonds. The van der Waals surface area contributed by atoms with Gasteiger partial charge in [0, 0.05) is 29.0 Å². The summed E-state index contributed by atoms with van der Waals surface area (Å²) < 4.78 is 0. The Hall–Kier alpha value is -3.22. The highest BCUT2D eigenvalue weighted by atomic mass is 16.2. The summed E-state index contributed by atoms with van der Waals surface area (Å²) in [5.74, 6) is -0.637. The van der Waals surface area contributed by atoms with Gasteiger partial charge in [0.2, 0.25) is 5.91 Å². The monoisotopic (exact) mass is 349 g/mol. The lowest BCUT2D eigenvalue weighted by Crippen LogP contribution is -2.39. The first-order valence-corrected chi connectivity index (χ1v) is 8.65. The van der Waals surface area contributed by atoms with Crippen molar-refractivity contribution in [2.24, 2.45) is 0 Å². The van der Waals surface area contributed by atoms with Crippen molar-refractivity contribution < 1.29 is 9.59 Å². The van der Waals surface area contributed by atoms with Crippen molar-refractivity contribution >= 4 is 22.7 Å². The molecule has 0 unspecified atom stereocenters. The predicted octanol–water partition coefficient (Wildman–Crippen LogP) is 1.88. The SMILES string of the molecule is O=C(CNC(=O)c1cnccn1)N[C@H]1CCCc2c1[nH]c1ccccc21. The fourth-order valence-electron chi connectivity index (χ4n) is 3.47. The summed E-state index contributed by atoms with van der Waals surface area (Å²) >= 11 is 0. The molecule has 7 nitrogen and oxygen atoms in total. The summed E-state index contributed by atoms with van der Waals surface area (Å²) in [6.45, 7) is -0.0958. The Morgan fingerprint density at radius 3 is 2.96 bits per heavy atom. The standard InChI is InChI=1S/C19H19N5O2/c25-17(11-22-19(26)16-10-20-8-9-21-16)23-15-7-3-5-13-12-4-1-2-6-14(12)24-18(13)15/h1-2,4,6,8-10,15,24H,3,5,7,11H2,(H,22,26)(H,23,25)/t15-/m0/s1. The Morgan fingerprint density at radius 2 is 2.12 bits per heavy atom. The normalized spacial score (nSPS) is 16.1. The van der Waals surface area contributed by atoms with Gasteiger partial charge in [0.25, 0.3) is 5.91 Å². The highest BCUT2D eigenvalue weighted by Gasteiger charge is 2.25. The van der Waals surface area contributed by atoms with Gasteiger partial charge in [-0.1, -0.05) is 18.2 Å². The molecule has 2 aromatic heterocycles. The van der Waals surface area contributed by atoms with Crippen LogP contribution in [0.3, 0.4) is 0 Å². The maximum atomic E-state index is 12.3. The molecule has 1 aliphatic rings. The van der Waals surface area contributed by atoms with Crippen LogP contribution in [0.5, 0.6) is 0 Å². The number of nitrogens with zero attached hydrogens (tertiary/aromatic N) is 2. The van der Waals surface area contributed by atoms with Gasteiger partial charge < -0.3 is 15.6 Å². The fourth-order valence-corrected chi connectivity index (χ4v) is 3.47. The van der Waals surface area contributed by atoms with Gasteiger partial charge in [-0.2, -0.15) is 0 Å². The fraction of sp³-hybridized carbons (Fsp3) is 0.263. The van der Waals surface area contributed by atoms with E-state index >= 15 is 0 Å².